The van der Waals surface area contributed by atoms with Gasteiger partial charge in [-0.05, 0) is 102 Å². The summed E-state index contributed by atoms with van der Waals surface area (Å²) in [7, 11) is 0. The van der Waals surface area contributed by atoms with Crippen LogP contribution in [0.5, 0.6) is 11.5 Å². The standard InChI is InChI=1S/C35H52O12/c1-34(2,40)32(38)26-9-13-30(14-10-26)46-21-19-42-23-28(36)7-5-17-44-25-45-18-6-8-29(37)24-43-20-22-47-31-15-11-27(12-16-31)33(39)35(3,4)41/h9-16,28-29,36-37,40-41H,5-8,17-25H2,1-4H3. The molecule has 0 heterocycles. The van der Waals surface area contributed by atoms with Gasteiger partial charge in [-0.3, -0.25) is 9.59 Å². The quantitative estimate of drug-likeness (QED) is 0.0658. The van der Waals surface area contributed by atoms with Crippen molar-refractivity contribution in [2.24, 2.45) is 0 Å². The van der Waals surface area contributed by atoms with Gasteiger partial charge < -0.3 is 48.8 Å². The first kappa shape index (κ1) is 40.2. The minimum absolute atomic E-state index is 0.133. The molecule has 0 amide bonds. The summed E-state index contributed by atoms with van der Waals surface area (Å²) in [5.41, 5.74) is -2.05. The maximum atomic E-state index is 12.1. The number of aliphatic hydroxyl groups is 4. The number of rotatable bonds is 26. The van der Waals surface area contributed by atoms with Crippen molar-refractivity contribution in [2.45, 2.75) is 76.8 Å². The Kier molecular flexibility index (Phi) is 18.1. The minimum Gasteiger partial charge on any atom is -0.491 e. The minimum atomic E-state index is -1.43. The maximum absolute atomic E-state index is 12.1. The predicted octanol–water partition coefficient (Wildman–Crippen LogP) is 3.36. The average Bonchev–Trinajstić information content (AvgIpc) is 3.02. The number of carbonyl (C=O) groups is 2. The Hall–Kier alpha value is -2.94. The van der Waals surface area contributed by atoms with Crippen LogP contribution in [0.4, 0.5) is 0 Å². The summed E-state index contributed by atoms with van der Waals surface area (Å²) in [5, 5.41) is 39.8. The lowest BCUT2D eigenvalue weighted by Gasteiger charge is -2.15. The van der Waals surface area contributed by atoms with Crippen molar-refractivity contribution in [1.82, 2.24) is 0 Å². The number of carbonyl (C=O) groups excluding carboxylic acids is 2. The molecule has 2 rings (SSSR count). The number of ether oxygens (including phenoxy) is 6. The second kappa shape index (κ2) is 21.1. The topological polar surface area (TPSA) is 170 Å². The first-order chi connectivity index (χ1) is 22.3. The van der Waals surface area contributed by atoms with E-state index in [1.807, 2.05) is 0 Å². The summed E-state index contributed by atoms with van der Waals surface area (Å²) in [6.07, 6.45) is 1.09. The molecule has 0 saturated heterocycles. The normalized spacial score (nSPS) is 13.3. The van der Waals surface area contributed by atoms with Crippen LogP contribution in [0.1, 0.15) is 74.1 Å². The van der Waals surface area contributed by atoms with E-state index in [1.165, 1.54) is 27.7 Å². The van der Waals surface area contributed by atoms with E-state index in [9.17, 15) is 30.0 Å². The van der Waals surface area contributed by atoms with Crippen molar-refractivity contribution >= 4 is 11.6 Å². The van der Waals surface area contributed by atoms with Gasteiger partial charge in [0.05, 0.1) is 38.6 Å². The van der Waals surface area contributed by atoms with Gasteiger partial charge in [-0.15, -0.1) is 0 Å². The number of hydrogen-bond acceptors (Lipinski definition) is 12. The molecule has 0 saturated carbocycles. The van der Waals surface area contributed by atoms with Gasteiger partial charge in [0, 0.05) is 24.3 Å². The summed E-state index contributed by atoms with van der Waals surface area (Å²) in [6, 6.07) is 13.1. The second-order valence-electron chi connectivity index (χ2n) is 12.2. The van der Waals surface area contributed by atoms with Gasteiger partial charge >= 0.3 is 0 Å². The third-order valence-electron chi connectivity index (χ3n) is 6.78. The monoisotopic (exact) mass is 664 g/mol. The molecule has 4 N–H and O–H groups in total. The molecule has 0 radical (unpaired) electrons. The van der Waals surface area contributed by atoms with E-state index in [2.05, 4.69) is 0 Å². The zero-order valence-electron chi connectivity index (χ0n) is 28.0. The van der Waals surface area contributed by atoms with E-state index in [4.69, 9.17) is 28.4 Å². The molecule has 47 heavy (non-hydrogen) atoms. The third-order valence-corrected chi connectivity index (χ3v) is 6.78. The van der Waals surface area contributed by atoms with Crippen LogP contribution in [-0.4, -0.2) is 115 Å². The Labute approximate surface area is 277 Å². The predicted molar refractivity (Wildman–Crippen MR) is 174 cm³/mol. The van der Waals surface area contributed by atoms with Crippen molar-refractivity contribution in [2.75, 3.05) is 59.6 Å². The van der Waals surface area contributed by atoms with Crippen LogP contribution < -0.4 is 9.47 Å². The fourth-order valence-corrected chi connectivity index (χ4v) is 4.17. The van der Waals surface area contributed by atoms with Crippen molar-refractivity contribution < 1.29 is 58.4 Å². The van der Waals surface area contributed by atoms with Crippen molar-refractivity contribution in [3.8, 4) is 11.5 Å². The Balaban J connectivity index is 1.37. The molecule has 2 aromatic carbocycles. The molecule has 2 aromatic rings. The summed E-state index contributed by atoms with van der Waals surface area (Å²) in [4.78, 5) is 24.1. The zero-order valence-corrected chi connectivity index (χ0v) is 28.0. The largest absolute Gasteiger partial charge is 0.491 e. The van der Waals surface area contributed by atoms with E-state index in [1.54, 1.807) is 48.5 Å². The molecule has 0 fully saturated rings. The highest BCUT2D eigenvalue weighted by atomic mass is 16.7. The van der Waals surface area contributed by atoms with E-state index in [0.29, 0.717) is 88.0 Å². The number of aliphatic hydroxyl groups excluding tert-OH is 2. The SMILES string of the molecule is CC(C)(O)C(=O)c1ccc(OCCOCC(O)CCCOCOCCCC(O)COCCOc2ccc(C(=O)C(C)(C)O)cc2)cc1. The van der Waals surface area contributed by atoms with Crippen LogP contribution in [0.25, 0.3) is 0 Å². The molecule has 0 spiro atoms. The third kappa shape index (κ3) is 17.2. The van der Waals surface area contributed by atoms with Crippen molar-refractivity contribution in [1.29, 1.82) is 0 Å². The molecule has 264 valence electrons. The molecule has 0 aromatic heterocycles. The van der Waals surface area contributed by atoms with Crippen LogP contribution in [0.15, 0.2) is 48.5 Å². The maximum Gasteiger partial charge on any atom is 0.193 e. The molecule has 0 bridgehead atoms. The molecule has 12 nitrogen and oxygen atoms in total. The summed E-state index contributed by atoms with van der Waals surface area (Å²) >= 11 is 0. The average molecular weight is 665 g/mol. The van der Waals surface area contributed by atoms with Crippen LogP contribution in [0, 0.1) is 0 Å². The van der Waals surface area contributed by atoms with Gasteiger partial charge in [-0.2, -0.15) is 0 Å². The van der Waals surface area contributed by atoms with E-state index < -0.39 is 23.4 Å². The van der Waals surface area contributed by atoms with Gasteiger partial charge in [0.15, 0.2) is 11.6 Å². The molecular formula is C35H52O12. The van der Waals surface area contributed by atoms with Gasteiger partial charge in [-0.1, -0.05) is 0 Å². The van der Waals surface area contributed by atoms with E-state index >= 15 is 0 Å². The first-order valence-corrected chi connectivity index (χ1v) is 15.9. The van der Waals surface area contributed by atoms with Crippen LogP contribution in [-0.2, 0) is 18.9 Å². The fraction of sp³-hybridized carbons (Fsp3) is 0.600. The summed E-state index contributed by atoms with van der Waals surface area (Å²) < 4.78 is 32.9. The molecule has 0 aliphatic heterocycles. The number of ketones is 2. The molecular weight excluding hydrogens is 612 g/mol. The van der Waals surface area contributed by atoms with Crippen LogP contribution in [0.2, 0.25) is 0 Å². The van der Waals surface area contributed by atoms with Crippen LogP contribution >= 0.6 is 0 Å². The van der Waals surface area contributed by atoms with Crippen molar-refractivity contribution in [3.63, 3.8) is 0 Å². The number of Topliss-reactive ketones (excluding diaryl/α,β-unsaturated/α-hetero) is 2. The van der Waals surface area contributed by atoms with Gasteiger partial charge in [-0.25, -0.2) is 0 Å². The van der Waals surface area contributed by atoms with Crippen molar-refractivity contribution in [3.05, 3.63) is 59.7 Å². The molecule has 2 unspecified atom stereocenters. The highest BCUT2D eigenvalue weighted by molar-refractivity contribution is 6.02. The molecule has 0 aliphatic carbocycles. The lowest BCUT2D eigenvalue weighted by molar-refractivity contribution is -0.0614. The van der Waals surface area contributed by atoms with Gasteiger partial charge in [0.25, 0.3) is 0 Å². The number of benzene rings is 2. The molecule has 2 atom stereocenters. The molecule has 0 aliphatic rings. The second-order valence-corrected chi connectivity index (χ2v) is 12.2. The zero-order chi connectivity index (χ0) is 34.7. The Bertz CT molecular complexity index is 1060. The highest BCUT2D eigenvalue weighted by Crippen LogP contribution is 2.18. The van der Waals surface area contributed by atoms with E-state index in [0.717, 1.165) is 0 Å². The summed E-state index contributed by atoms with van der Waals surface area (Å²) in [6.45, 7) is 8.33. The van der Waals surface area contributed by atoms with Gasteiger partial charge in [0.1, 0.15) is 42.7 Å². The lowest BCUT2D eigenvalue weighted by atomic mass is 9.97. The fourth-order valence-electron chi connectivity index (χ4n) is 4.17. The Morgan fingerprint density at radius 3 is 1.28 bits per heavy atom. The smallest absolute Gasteiger partial charge is 0.193 e. The Morgan fingerprint density at radius 2 is 0.936 bits per heavy atom. The van der Waals surface area contributed by atoms with E-state index in [-0.39, 0.29) is 31.6 Å². The Morgan fingerprint density at radius 1 is 0.574 bits per heavy atom. The first-order valence-electron chi connectivity index (χ1n) is 15.9. The molecule has 12 heteroatoms. The lowest BCUT2D eigenvalue weighted by Crippen LogP contribution is -2.30. The number of hydrogen-bond donors (Lipinski definition) is 4. The van der Waals surface area contributed by atoms with Gasteiger partial charge in [0.2, 0.25) is 0 Å². The highest BCUT2D eigenvalue weighted by Gasteiger charge is 2.25. The van der Waals surface area contributed by atoms with Crippen LogP contribution in [0.3, 0.4) is 0 Å². The summed E-state index contributed by atoms with van der Waals surface area (Å²) in [5.74, 6) is 0.434.